The highest BCUT2D eigenvalue weighted by Gasteiger charge is 2.54. The molecule has 2 heterocycles. The molecule has 3 aliphatic rings. The number of fused-ring (bicyclic) bond motifs is 2. The third-order valence-electron chi connectivity index (χ3n) is 6.08. The molecule has 6 heteroatoms. The number of amides is 4. The molecule has 2 saturated heterocycles. The van der Waals surface area contributed by atoms with E-state index in [1.165, 1.54) is 0 Å². The van der Waals surface area contributed by atoms with E-state index in [9.17, 15) is 14.4 Å². The van der Waals surface area contributed by atoms with Crippen LogP contribution in [0.4, 0.5) is 4.79 Å². The predicted molar refractivity (Wildman–Crippen MR) is 96.3 cm³/mol. The van der Waals surface area contributed by atoms with Crippen LogP contribution in [0.5, 0.6) is 0 Å². The number of nitrogens with one attached hydrogen (secondary N) is 1. The first-order chi connectivity index (χ1) is 12.5. The molecule has 1 aliphatic carbocycles. The molecule has 4 amide bonds. The summed E-state index contributed by atoms with van der Waals surface area (Å²) >= 11 is 0. The van der Waals surface area contributed by atoms with Crippen LogP contribution >= 0.6 is 0 Å². The number of nitrogens with zero attached hydrogens (tertiary/aromatic N) is 2. The van der Waals surface area contributed by atoms with Gasteiger partial charge < -0.3 is 10.2 Å². The zero-order valence-electron chi connectivity index (χ0n) is 15.2. The maximum Gasteiger partial charge on any atom is 0.325 e. The van der Waals surface area contributed by atoms with Gasteiger partial charge in [-0.25, -0.2) is 4.79 Å². The highest BCUT2D eigenvalue weighted by Crippen LogP contribution is 2.39. The standard InChI is InChI=1S/C20H25N3O3/c1-14-8-11-22(12-9-14)17(24)13-23-18(25)20(21-19(23)26)10-4-6-15-5-2-3-7-16(15)20/h2-3,5,7,14H,4,6,8-13H2,1H3,(H,21,26). The third-order valence-corrected chi connectivity index (χ3v) is 6.08. The van der Waals surface area contributed by atoms with Gasteiger partial charge in [0.05, 0.1) is 0 Å². The molecule has 0 bridgehead atoms. The highest BCUT2D eigenvalue weighted by molar-refractivity contribution is 6.09. The Balaban J connectivity index is 1.54. The van der Waals surface area contributed by atoms with Gasteiger partial charge in [0.25, 0.3) is 5.91 Å². The third kappa shape index (κ3) is 2.68. The van der Waals surface area contributed by atoms with E-state index >= 15 is 0 Å². The van der Waals surface area contributed by atoms with Crippen LogP contribution in [-0.2, 0) is 21.5 Å². The molecule has 1 aromatic carbocycles. The molecule has 1 aromatic rings. The van der Waals surface area contributed by atoms with Crippen LogP contribution < -0.4 is 5.32 Å². The quantitative estimate of drug-likeness (QED) is 0.825. The smallest absolute Gasteiger partial charge is 0.325 e. The van der Waals surface area contributed by atoms with Crippen LogP contribution in [0, 0.1) is 5.92 Å². The van der Waals surface area contributed by atoms with Crippen molar-refractivity contribution in [2.45, 2.75) is 44.6 Å². The van der Waals surface area contributed by atoms with Gasteiger partial charge in [-0.1, -0.05) is 31.2 Å². The number of benzene rings is 1. The van der Waals surface area contributed by atoms with Gasteiger partial charge in [0, 0.05) is 13.1 Å². The zero-order valence-corrected chi connectivity index (χ0v) is 15.2. The average molecular weight is 355 g/mol. The lowest BCUT2D eigenvalue weighted by Crippen LogP contribution is -2.48. The van der Waals surface area contributed by atoms with Gasteiger partial charge >= 0.3 is 6.03 Å². The molecule has 2 aliphatic heterocycles. The first-order valence-corrected chi connectivity index (χ1v) is 9.51. The van der Waals surface area contributed by atoms with Crippen LogP contribution in [0.1, 0.15) is 43.7 Å². The minimum absolute atomic E-state index is 0.137. The zero-order chi connectivity index (χ0) is 18.3. The summed E-state index contributed by atoms with van der Waals surface area (Å²) in [5, 5.41) is 2.91. The fourth-order valence-electron chi connectivity index (χ4n) is 4.45. The number of piperidine rings is 1. The molecular formula is C20H25N3O3. The number of aryl methyl sites for hydroxylation is 1. The first kappa shape index (κ1) is 17.1. The van der Waals surface area contributed by atoms with E-state index in [0.717, 1.165) is 41.7 Å². The minimum atomic E-state index is -0.997. The summed E-state index contributed by atoms with van der Waals surface area (Å²) in [5.41, 5.74) is 0.986. The lowest BCUT2D eigenvalue weighted by Gasteiger charge is -2.33. The predicted octanol–water partition coefficient (Wildman–Crippen LogP) is 2.03. The first-order valence-electron chi connectivity index (χ1n) is 9.51. The number of rotatable bonds is 2. The summed E-state index contributed by atoms with van der Waals surface area (Å²) in [6.07, 6.45) is 4.29. The number of urea groups is 1. The van der Waals surface area contributed by atoms with E-state index < -0.39 is 11.6 Å². The van der Waals surface area contributed by atoms with E-state index in [1.807, 2.05) is 24.3 Å². The van der Waals surface area contributed by atoms with Gasteiger partial charge in [-0.2, -0.15) is 0 Å². The lowest BCUT2D eigenvalue weighted by molar-refractivity contribution is -0.140. The summed E-state index contributed by atoms with van der Waals surface area (Å²) in [6.45, 7) is 3.43. The second-order valence-corrected chi connectivity index (χ2v) is 7.80. The second-order valence-electron chi connectivity index (χ2n) is 7.80. The largest absolute Gasteiger partial charge is 0.341 e. The molecule has 1 spiro atoms. The Bertz CT molecular complexity index is 754. The molecule has 0 aromatic heterocycles. The summed E-state index contributed by atoms with van der Waals surface area (Å²) < 4.78 is 0. The van der Waals surface area contributed by atoms with E-state index in [0.29, 0.717) is 25.4 Å². The van der Waals surface area contributed by atoms with Gasteiger partial charge in [0.2, 0.25) is 5.91 Å². The summed E-state index contributed by atoms with van der Waals surface area (Å²) in [7, 11) is 0. The summed E-state index contributed by atoms with van der Waals surface area (Å²) in [5.74, 6) is 0.202. The van der Waals surface area contributed by atoms with Gasteiger partial charge in [-0.05, 0) is 49.1 Å². The Morgan fingerprint density at radius 1 is 1.23 bits per heavy atom. The van der Waals surface area contributed by atoms with Crippen molar-refractivity contribution in [3.63, 3.8) is 0 Å². The number of carbonyl (C=O) groups is 3. The Hall–Kier alpha value is -2.37. The Kier molecular flexibility index (Phi) is 4.21. The van der Waals surface area contributed by atoms with Crippen LogP contribution in [0.25, 0.3) is 0 Å². The van der Waals surface area contributed by atoms with Crippen molar-refractivity contribution in [2.75, 3.05) is 19.6 Å². The van der Waals surface area contributed by atoms with E-state index in [2.05, 4.69) is 12.2 Å². The Morgan fingerprint density at radius 2 is 1.96 bits per heavy atom. The minimum Gasteiger partial charge on any atom is -0.341 e. The van der Waals surface area contributed by atoms with Crippen molar-refractivity contribution < 1.29 is 14.4 Å². The summed E-state index contributed by atoms with van der Waals surface area (Å²) in [4.78, 5) is 41.3. The van der Waals surface area contributed by atoms with E-state index in [-0.39, 0.29) is 18.4 Å². The average Bonchev–Trinajstić information content (AvgIpc) is 2.87. The van der Waals surface area contributed by atoms with E-state index in [1.54, 1.807) is 4.90 Å². The fourth-order valence-corrected chi connectivity index (χ4v) is 4.45. The van der Waals surface area contributed by atoms with Crippen LogP contribution in [0.2, 0.25) is 0 Å². The molecule has 2 fully saturated rings. The molecule has 0 radical (unpaired) electrons. The topological polar surface area (TPSA) is 69.7 Å². The molecule has 0 saturated carbocycles. The van der Waals surface area contributed by atoms with Gasteiger partial charge in [0.15, 0.2) is 0 Å². The lowest BCUT2D eigenvalue weighted by atomic mass is 9.76. The number of hydrogen-bond acceptors (Lipinski definition) is 3. The van der Waals surface area contributed by atoms with Crippen molar-refractivity contribution in [1.29, 1.82) is 0 Å². The maximum atomic E-state index is 13.2. The number of carbonyl (C=O) groups excluding carboxylic acids is 3. The molecule has 4 rings (SSSR count). The second kappa shape index (κ2) is 6.41. The molecule has 138 valence electrons. The maximum absolute atomic E-state index is 13.2. The molecule has 26 heavy (non-hydrogen) atoms. The Morgan fingerprint density at radius 3 is 2.73 bits per heavy atom. The van der Waals surface area contributed by atoms with Gasteiger partial charge in [0.1, 0.15) is 12.1 Å². The molecule has 1 unspecified atom stereocenters. The monoisotopic (exact) mass is 355 g/mol. The number of hydrogen-bond donors (Lipinski definition) is 1. The highest BCUT2D eigenvalue weighted by atomic mass is 16.2. The van der Waals surface area contributed by atoms with Crippen molar-refractivity contribution in [1.82, 2.24) is 15.1 Å². The number of likely N-dealkylation sites (tertiary alicyclic amines) is 1. The fraction of sp³-hybridized carbons (Fsp3) is 0.550. The number of imide groups is 1. The van der Waals surface area contributed by atoms with Gasteiger partial charge in [-0.3, -0.25) is 14.5 Å². The van der Waals surface area contributed by atoms with Crippen molar-refractivity contribution in [3.8, 4) is 0 Å². The van der Waals surface area contributed by atoms with Gasteiger partial charge in [-0.15, -0.1) is 0 Å². The molecule has 1 N–H and O–H groups in total. The molecular weight excluding hydrogens is 330 g/mol. The summed E-state index contributed by atoms with van der Waals surface area (Å²) in [6, 6.07) is 7.33. The SMILES string of the molecule is CC1CCN(C(=O)CN2C(=O)NC3(CCCc4ccccc43)C2=O)CC1. The molecule has 1 atom stereocenters. The van der Waals surface area contributed by atoms with Crippen molar-refractivity contribution >= 4 is 17.8 Å². The van der Waals surface area contributed by atoms with E-state index in [4.69, 9.17) is 0 Å². The van der Waals surface area contributed by atoms with Crippen molar-refractivity contribution in [2.24, 2.45) is 5.92 Å². The van der Waals surface area contributed by atoms with Crippen LogP contribution in [-0.4, -0.2) is 47.3 Å². The van der Waals surface area contributed by atoms with Crippen LogP contribution in [0.3, 0.4) is 0 Å². The van der Waals surface area contributed by atoms with Crippen molar-refractivity contribution in [3.05, 3.63) is 35.4 Å². The Labute approximate surface area is 153 Å². The van der Waals surface area contributed by atoms with Crippen LogP contribution in [0.15, 0.2) is 24.3 Å². The molecule has 6 nitrogen and oxygen atoms in total. The normalized spacial score (nSPS) is 26.2.